The smallest absolute Gasteiger partial charge is 0.0722 e. The van der Waals surface area contributed by atoms with Gasteiger partial charge in [-0.3, -0.25) is 4.68 Å². The van der Waals surface area contributed by atoms with Gasteiger partial charge in [0, 0.05) is 36.8 Å². The van der Waals surface area contributed by atoms with E-state index >= 15 is 0 Å². The highest BCUT2D eigenvalue weighted by Crippen LogP contribution is 2.31. The van der Waals surface area contributed by atoms with Gasteiger partial charge in [0.15, 0.2) is 0 Å². The summed E-state index contributed by atoms with van der Waals surface area (Å²) in [4.78, 5) is 0. The van der Waals surface area contributed by atoms with Crippen LogP contribution in [0.1, 0.15) is 58.7 Å². The van der Waals surface area contributed by atoms with Crippen LogP contribution in [-0.4, -0.2) is 15.8 Å². The van der Waals surface area contributed by atoms with Crippen LogP contribution in [0, 0.1) is 11.8 Å². The molecular formula is C16H29N3. The van der Waals surface area contributed by atoms with Gasteiger partial charge in [0.05, 0.1) is 5.69 Å². The summed E-state index contributed by atoms with van der Waals surface area (Å²) in [6, 6.07) is 0.669. The molecule has 0 bridgehead atoms. The second-order valence-corrected chi connectivity index (χ2v) is 7.33. The van der Waals surface area contributed by atoms with Gasteiger partial charge in [0.25, 0.3) is 0 Å². The van der Waals surface area contributed by atoms with E-state index in [4.69, 9.17) is 0 Å². The summed E-state index contributed by atoms with van der Waals surface area (Å²) in [6.07, 6.45) is 4.84. The second kappa shape index (κ2) is 5.28. The second-order valence-electron chi connectivity index (χ2n) is 7.33. The molecule has 1 aromatic rings. The van der Waals surface area contributed by atoms with Crippen molar-refractivity contribution in [1.82, 2.24) is 15.1 Å². The molecule has 0 saturated heterocycles. The molecule has 3 atom stereocenters. The third-order valence-electron chi connectivity index (χ3n) is 4.63. The predicted octanol–water partition coefficient (Wildman–Crippen LogP) is 3.24. The van der Waals surface area contributed by atoms with Crippen molar-refractivity contribution in [3.8, 4) is 0 Å². The molecular weight excluding hydrogens is 234 g/mol. The predicted molar refractivity (Wildman–Crippen MR) is 80.1 cm³/mol. The van der Waals surface area contributed by atoms with E-state index in [-0.39, 0.29) is 5.41 Å². The molecule has 0 aromatic carbocycles. The summed E-state index contributed by atoms with van der Waals surface area (Å²) in [5.41, 5.74) is 2.69. The van der Waals surface area contributed by atoms with Gasteiger partial charge >= 0.3 is 0 Å². The first-order valence-electron chi connectivity index (χ1n) is 7.55. The van der Waals surface area contributed by atoms with Crippen LogP contribution >= 0.6 is 0 Å². The lowest BCUT2D eigenvalue weighted by atomic mass is 9.89. The number of hydrogen-bond acceptors (Lipinski definition) is 2. The summed E-state index contributed by atoms with van der Waals surface area (Å²) in [7, 11) is 2.01. The van der Waals surface area contributed by atoms with E-state index in [2.05, 4.69) is 51.2 Å². The molecule has 19 heavy (non-hydrogen) atoms. The molecule has 1 N–H and O–H groups in total. The Balaban J connectivity index is 2.04. The molecule has 0 spiro atoms. The van der Waals surface area contributed by atoms with Gasteiger partial charge in [0.1, 0.15) is 0 Å². The van der Waals surface area contributed by atoms with Crippen molar-refractivity contribution in [2.45, 2.75) is 65.5 Å². The van der Waals surface area contributed by atoms with Crippen LogP contribution in [0.15, 0.2) is 6.20 Å². The highest BCUT2D eigenvalue weighted by molar-refractivity contribution is 5.24. The molecule has 1 saturated carbocycles. The molecule has 1 aliphatic carbocycles. The number of aromatic nitrogens is 2. The van der Waals surface area contributed by atoms with Gasteiger partial charge in [-0.15, -0.1) is 0 Å². The fraction of sp³-hybridized carbons (Fsp3) is 0.812. The first kappa shape index (κ1) is 14.6. The number of nitrogens with zero attached hydrogens (tertiary/aromatic N) is 2. The summed E-state index contributed by atoms with van der Waals surface area (Å²) in [5, 5.41) is 8.39. The van der Waals surface area contributed by atoms with Crippen LogP contribution in [0.2, 0.25) is 0 Å². The van der Waals surface area contributed by atoms with Gasteiger partial charge in [-0.1, -0.05) is 34.6 Å². The molecule has 1 fully saturated rings. The molecule has 1 heterocycles. The van der Waals surface area contributed by atoms with Crippen molar-refractivity contribution in [3.63, 3.8) is 0 Å². The Morgan fingerprint density at radius 3 is 2.53 bits per heavy atom. The molecule has 0 radical (unpaired) electrons. The molecule has 1 aliphatic rings. The van der Waals surface area contributed by atoms with Crippen molar-refractivity contribution < 1.29 is 0 Å². The van der Waals surface area contributed by atoms with Crippen LogP contribution in [-0.2, 0) is 19.0 Å². The van der Waals surface area contributed by atoms with Crippen molar-refractivity contribution in [3.05, 3.63) is 17.5 Å². The molecule has 108 valence electrons. The fourth-order valence-corrected chi connectivity index (χ4v) is 3.19. The van der Waals surface area contributed by atoms with Crippen LogP contribution in [0.25, 0.3) is 0 Å². The molecule has 3 heteroatoms. The molecule has 0 aliphatic heterocycles. The zero-order chi connectivity index (χ0) is 14.2. The number of nitrogens with one attached hydrogen (secondary N) is 1. The summed E-state index contributed by atoms with van der Waals surface area (Å²) < 4.78 is 1.94. The van der Waals surface area contributed by atoms with Gasteiger partial charge in [-0.2, -0.15) is 5.10 Å². The van der Waals surface area contributed by atoms with Gasteiger partial charge in [-0.05, 0) is 24.7 Å². The Kier molecular flexibility index (Phi) is 4.05. The maximum absolute atomic E-state index is 4.64. The summed E-state index contributed by atoms with van der Waals surface area (Å²) in [6.45, 7) is 12.4. The fourth-order valence-electron chi connectivity index (χ4n) is 3.19. The maximum atomic E-state index is 4.64. The van der Waals surface area contributed by atoms with Gasteiger partial charge < -0.3 is 5.32 Å². The zero-order valence-electron chi connectivity index (χ0n) is 13.3. The topological polar surface area (TPSA) is 29.9 Å². The van der Waals surface area contributed by atoms with Crippen LogP contribution in [0.5, 0.6) is 0 Å². The van der Waals surface area contributed by atoms with E-state index in [0.717, 1.165) is 18.4 Å². The minimum absolute atomic E-state index is 0.118. The van der Waals surface area contributed by atoms with E-state index in [1.807, 2.05) is 11.7 Å². The van der Waals surface area contributed by atoms with Gasteiger partial charge in [0.2, 0.25) is 0 Å². The van der Waals surface area contributed by atoms with E-state index < -0.39 is 0 Å². The Labute approximate surface area is 117 Å². The lowest BCUT2D eigenvalue weighted by Crippen LogP contribution is -2.32. The molecule has 0 amide bonds. The maximum Gasteiger partial charge on any atom is 0.0722 e. The number of rotatable bonds is 3. The van der Waals surface area contributed by atoms with E-state index in [1.54, 1.807) is 0 Å². The minimum Gasteiger partial charge on any atom is -0.310 e. The largest absolute Gasteiger partial charge is 0.310 e. The minimum atomic E-state index is 0.118. The number of aryl methyl sites for hydroxylation is 1. The lowest BCUT2D eigenvalue weighted by molar-refractivity contribution is 0.368. The van der Waals surface area contributed by atoms with Crippen LogP contribution < -0.4 is 5.32 Å². The van der Waals surface area contributed by atoms with E-state index in [0.29, 0.717) is 6.04 Å². The van der Waals surface area contributed by atoms with Crippen molar-refractivity contribution >= 4 is 0 Å². The van der Waals surface area contributed by atoms with Crippen molar-refractivity contribution in [2.75, 3.05) is 0 Å². The summed E-state index contributed by atoms with van der Waals surface area (Å²) >= 11 is 0. The van der Waals surface area contributed by atoms with Crippen molar-refractivity contribution in [1.29, 1.82) is 0 Å². The normalized spacial score (nSPS) is 28.0. The lowest BCUT2D eigenvalue weighted by Gasteiger charge is -2.21. The van der Waals surface area contributed by atoms with E-state index in [1.165, 1.54) is 24.1 Å². The van der Waals surface area contributed by atoms with Crippen LogP contribution in [0.3, 0.4) is 0 Å². The van der Waals surface area contributed by atoms with Gasteiger partial charge in [-0.25, -0.2) is 0 Å². The summed E-state index contributed by atoms with van der Waals surface area (Å²) in [5.74, 6) is 1.64. The quantitative estimate of drug-likeness (QED) is 0.907. The molecule has 3 unspecified atom stereocenters. The Morgan fingerprint density at radius 2 is 2.00 bits per heavy atom. The third-order valence-corrected chi connectivity index (χ3v) is 4.63. The zero-order valence-corrected chi connectivity index (χ0v) is 13.3. The molecule has 2 rings (SSSR count). The average Bonchev–Trinajstić information content (AvgIpc) is 2.82. The van der Waals surface area contributed by atoms with Crippen molar-refractivity contribution in [2.24, 2.45) is 18.9 Å². The first-order chi connectivity index (χ1) is 8.79. The standard InChI is InChI=1S/C16H29N3/c1-11-7-8-14(12(11)2)17-9-13-10-19(6)18-15(13)16(3,4)5/h10-12,14,17H,7-9H2,1-6H3. The monoisotopic (exact) mass is 263 g/mol. The Morgan fingerprint density at radius 1 is 1.32 bits per heavy atom. The highest BCUT2D eigenvalue weighted by atomic mass is 15.3. The third kappa shape index (κ3) is 3.19. The SMILES string of the molecule is CC1CCC(NCc2cn(C)nc2C(C)(C)C)C1C. The number of hydrogen-bond donors (Lipinski definition) is 1. The average molecular weight is 263 g/mol. The highest BCUT2D eigenvalue weighted by Gasteiger charge is 2.30. The Bertz CT molecular complexity index is 428. The van der Waals surface area contributed by atoms with Crippen LogP contribution in [0.4, 0.5) is 0 Å². The van der Waals surface area contributed by atoms with E-state index in [9.17, 15) is 0 Å². The first-order valence-corrected chi connectivity index (χ1v) is 7.55. The molecule has 3 nitrogen and oxygen atoms in total. The Hall–Kier alpha value is -0.830. The molecule has 1 aromatic heterocycles.